The number of rotatable bonds is 5. The number of nitrogens with two attached hydrogens (primary N) is 1. The predicted molar refractivity (Wildman–Crippen MR) is 55.7 cm³/mol. The van der Waals surface area contributed by atoms with Crippen molar-refractivity contribution in [2.75, 3.05) is 26.0 Å². The molecule has 0 aliphatic carbocycles. The number of anilines is 1. The minimum atomic E-state index is -3.51. The van der Waals surface area contributed by atoms with E-state index in [9.17, 15) is 8.42 Å². The molecule has 3 N–H and O–H groups in total. The van der Waals surface area contributed by atoms with Crippen LogP contribution in [0, 0.1) is 0 Å². The number of methoxy groups -OCH3 is 1. The van der Waals surface area contributed by atoms with Crippen molar-refractivity contribution < 1.29 is 13.2 Å². The highest BCUT2D eigenvalue weighted by Crippen LogP contribution is 2.09. The molecule has 1 aromatic rings. The summed E-state index contributed by atoms with van der Waals surface area (Å²) in [5.74, 6) is 0.171. The number of hydrogen-bond donors (Lipinski definition) is 2. The van der Waals surface area contributed by atoms with E-state index in [1.54, 1.807) is 0 Å². The maximum absolute atomic E-state index is 11.6. The predicted octanol–water partition coefficient (Wildman–Crippen LogP) is -0.412. The molecule has 84 valence electrons. The Bertz CT molecular complexity index is 419. The smallest absolute Gasteiger partial charge is 0.240 e. The van der Waals surface area contributed by atoms with Gasteiger partial charge in [0.2, 0.25) is 10.0 Å². The van der Waals surface area contributed by atoms with Gasteiger partial charge >= 0.3 is 0 Å². The lowest BCUT2D eigenvalue weighted by molar-refractivity contribution is 0.204. The lowest BCUT2D eigenvalue weighted by Gasteiger charge is -2.05. The maximum Gasteiger partial charge on any atom is 0.240 e. The SMILES string of the molecule is COCCNS(=O)(=O)c1ccnc(N)c1. The summed E-state index contributed by atoms with van der Waals surface area (Å²) < 4.78 is 30.3. The number of nitrogens with zero attached hydrogens (tertiary/aromatic N) is 1. The number of nitrogen functional groups attached to an aromatic ring is 1. The van der Waals surface area contributed by atoms with E-state index >= 15 is 0 Å². The van der Waals surface area contributed by atoms with Crippen LogP contribution >= 0.6 is 0 Å². The monoisotopic (exact) mass is 231 g/mol. The number of pyridine rings is 1. The van der Waals surface area contributed by atoms with E-state index in [4.69, 9.17) is 10.5 Å². The van der Waals surface area contributed by atoms with Crippen molar-refractivity contribution in [3.8, 4) is 0 Å². The third-order valence-corrected chi connectivity index (χ3v) is 3.12. The summed E-state index contributed by atoms with van der Waals surface area (Å²) in [5, 5.41) is 0. The van der Waals surface area contributed by atoms with Gasteiger partial charge in [0.1, 0.15) is 5.82 Å². The van der Waals surface area contributed by atoms with Crippen molar-refractivity contribution in [1.82, 2.24) is 9.71 Å². The first-order valence-corrected chi connectivity index (χ1v) is 5.75. The molecule has 0 aromatic carbocycles. The van der Waals surface area contributed by atoms with Gasteiger partial charge in [0, 0.05) is 25.9 Å². The lowest BCUT2D eigenvalue weighted by atomic mass is 10.5. The van der Waals surface area contributed by atoms with Crippen molar-refractivity contribution in [2.45, 2.75) is 4.90 Å². The molecule has 0 fully saturated rings. The number of aromatic nitrogens is 1. The Morgan fingerprint density at radius 3 is 2.93 bits per heavy atom. The minimum absolute atomic E-state index is 0.103. The number of sulfonamides is 1. The molecule has 0 atom stereocenters. The molecule has 0 amide bonds. The van der Waals surface area contributed by atoms with Crippen LogP contribution in [0.1, 0.15) is 0 Å². The second kappa shape index (κ2) is 5.06. The molecule has 0 bridgehead atoms. The molecule has 0 spiro atoms. The fourth-order valence-corrected chi connectivity index (χ4v) is 1.99. The first-order valence-electron chi connectivity index (χ1n) is 4.26. The summed E-state index contributed by atoms with van der Waals surface area (Å²) in [4.78, 5) is 3.81. The van der Waals surface area contributed by atoms with E-state index in [0.717, 1.165) is 0 Å². The highest BCUT2D eigenvalue weighted by molar-refractivity contribution is 7.89. The van der Waals surface area contributed by atoms with Gasteiger partial charge in [-0.1, -0.05) is 0 Å². The van der Waals surface area contributed by atoms with E-state index in [-0.39, 0.29) is 17.3 Å². The van der Waals surface area contributed by atoms with Crippen LogP contribution in [0.25, 0.3) is 0 Å². The summed E-state index contributed by atoms with van der Waals surface area (Å²) in [7, 11) is -2.01. The second-order valence-corrected chi connectivity index (χ2v) is 4.57. The topological polar surface area (TPSA) is 94.3 Å². The van der Waals surface area contributed by atoms with Crippen LogP contribution in [0.4, 0.5) is 5.82 Å². The molecule has 0 radical (unpaired) electrons. The largest absolute Gasteiger partial charge is 0.384 e. The van der Waals surface area contributed by atoms with Crippen LogP contribution < -0.4 is 10.5 Å². The van der Waals surface area contributed by atoms with Crippen molar-refractivity contribution >= 4 is 15.8 Å². The second-order valence-electron chi connectivity index (χ2n) is 2.81. The van der Waals surface area contributed by atoms with Gasteiger partial charge in [-0.15, -0.1) is 0 Å². The molecule has 0 aliphatic rings. The standard InChI is InChI=1S/C8H13N3O3S/c1-14-5-4-11-15(12,13)7-2-3-10-8(9)6-7/h2-3,6,11H,4-5H2,1H3,(H2,9,10). The molecular formula is C8H13N3O3S. The van der Waals surface area contributed by atoms with E-state index < -0.39 is 10.0 Å². The summed E-state index contributed by atoms with van der Waals surface area (Å²) in [6.07, 6.45) is 1.35. The molecule has 6 nitrogen and oxygen atoms in total. The highest BCUT2D eigenvalue weighted by Gasteiger charge is 2.13. The van der Waals surface area contributed by atoms with Gasteiger partial charge in [0.15, 0.2) is 0 Å². The lowest BCUT2D eigenvalue weighted by Crippen LogP contribution is -2.27. The number of ether oxygens (including phenoxy) is 1. The Morgan fingerprint density at radius 2 is 2.33 bits per heavy atom. The first kappa shape index (κ1) is 11.9. The zero-order chi connectivity index (χ0) is 11.3. The molecule has 15 heavy (non-hydrogen) atoms. The Balaban J connectivity index is 2.77. The van der Waals surface area contributed by atoms with Crippen LogP contribution in [0.3, 0.4) is 0 Å². The van der Waals surface area contributed by atoms with Crippen LogP contribution in [0.2, 0.25) is 0 Å². The van der Waals surface area contributed by atoms with Crippen LogP contribution in [-0.2, 0) is 14.8 Å². The average Bonchev–Trinajstić information content (AvgIpc) is 2.18. The summed E-state index contributed by atoms with van der Waals surface area (Å²) in [6.45, 7) is 0.543. The zero-order valence-corrected chi connectivity index (χ0v) is 9.12. The Labute approximate surface area is 88.5 Å². The average molecular weight is 231 g/mol. The van der Waals surface area contributed by atoms with Gasteiger partial charge in [-0.2, -0.15) is 0 Å². The summed E-state index contributed by atoms with van der Waals surface area (Å²) in [5.41, 5.74) is 5.38. The molecule has 7 heteroatoms. The molecule has 1 heterocycles. The zero-order valence-electron chi connectivity index (χ0n) is 8.30. The normalized spacial score (nSPS) is 11.5. The molecule has 0 saturated heterocycles. The fraction of sp³-hybridized carbons (Fsp3) is 0.375. The van der Waals surface area contributed by atoms with E-state index in [0.29, 0.717) is 6.61 Å². The fourth-order valence-electron chi connectivity index (χ4n) is 0.957. The first-order chi connectivity index (χ1) is 7.06. The van der Waals surface area contributed by atoms with Gasteiger partial charge in [-0.3, -0.25) is 0 Å². The van der Waals surface area contributed by atoms with Gasteiger partial charge in [0.05, 0.1) is 11.5 Å². The third kappa shape index (κ3) is 3.46. The third-order valence-electron chi connectivity index (χ3n) is 1.66. The molecule has 1 rings (SSSR count). The van der Waals surface area contributed by atoms with Gasteiger partial charge < -0.3 is 10.5 Å². The van der Waals surface area contributed by atoms with Crippen LogP contribution in [0.5, 0.6) is 0 Å². The Kier molecular flexibility index (Phi) is 4.01. The maximum atomic E-state index is 11.6. The molecule has 0 aliphatic heterocycles. The molecular weight excluding hydrogens is 218 g/mol. The van der Waals surface area contributed by atoms with Crippen LogP contribution in [-0.4, -0.2) is 33.7 Å². The van der Waals surface area contributed by atoms with Crippen LogP contribution in [0.15, 0.2) is 23.2 Å². The van der Waals surface area contributed by atoms with Crippen molar-refractivity contribution in [3.05, 3.63) is 18.3 Å². The van der Waals surface area contributed by atoms with E-state index in [1.165, 1.54) is 25.4 Å². The summed E-state index contributed by atoms with van der Waals surface area (Å²) >= 11 is 0. The van der Waals surface area contributed by atoms with Gasteiger partial charge in [0.25, 0.3) is 0 Å². The van der Waals surface area contributed by atoms with Crippen molar-refractivity contribution in [2.24, 2.45) is 0 Å². The highest BCUT2D eigenvalue weighted by atomic mass is 32.2. The molecule has 0 saturated carbocycles. The Hall–Kier alpha value is -1.18. The quantitative estimate of drug-likeness (QED) is 0.672. The van der Waals surface area contributed by atoms with Crippen molar-refractivity contribution in [3.63, 3.8) is 0 Å². The molecule has 0 unspecified atom stereocenters. The number of hydrogen-bond acceptors (Lipinski definition) is 5. The van der Waals surface area contributed by atoms with E-state index in [2.05, 4.69) is 9.71 Å². The number of nitrogens with one attached hydrogen (secondary N) is 1. The Morgan fingerprint density at radius 1 is 1.60 bits per heavy atom. The summed E-state index contributed by atoms with van der Waals surface area (Å²) in [6, 6.07) is 2.68. The minimum Gasteiger partial charge on any atom is -0.384 e. The van der Waals surface area contributed by atoms with Gasteiger partial charge in [-0.05, 0) is 6.07 Å². The van der Waals surface area contributed by atoms with Crippen molar-refractivity contribution in [1.29, 1.82) is 0 Å². The molecule has 1 aromatic heterocycles. The van der Waals surface area contributed by atoms with Gasteiger partial charge in [-0.25, -0.2) is 18.1 Å². The van der Waals surface area contributed by atoms with E-state index in [1.807, 2.05) is 0 Å².